The smallest absolute Gasteiger partial charge is 0.207 e. The fourth-order valence-electron chi connectivity index (χ4n) is 5.30. The van der Waals surface area contributed by atoms with E-state index in [0.717, 1.165) is 22.7 Å². The largest absolute Gasteiger partial charge is 0.248 e. The lowest BCUT2D eigenvalue weighted by molar-refractivity contribution is 0.00579. The maximum absolute atomic E-state index is 12.2. The molecule has 23 heavy (non-hydrogen) atoms. The molecule has 0 aliphatic heterocycles. The highest BCUT2D eigenvalue weighted by atomic mass is 19.3. The van der Waals surface area contributed by atoms with Crippen molar-refractivity contribution in [1.82, 2.24) is 0 Å². The van der Waals surface area contributed by atoms with Crippen LogP contribution in [0, 0.1) is 28.6 Å². The second-order valence-electron chi connectivity index (χ2n) is 10.1. The first kappa shape index (κ1) is 17.7. The van der Waals surface area contributed by atoms with Crippen molar-refractivity contribution in [1.29, 1.82) is 0 Å². The predicted octanol–water partition coefficient (Wildman–Crippen LogP) is 7.22. The minimum absolute atomic E-state index is 0.104. The Bertz CT molecular complexity index is 384. The second kappa shape index (κ2) is 6.30. The lowest BCUT2D eigenvalue weighted by Gasteiger charge is -2.32. The zero-order chi connectivity index (χ0) is 16.7. The molecule has 2 heteroatoms. The predicted molar refractivity (Wildman–Crippen MR) is 92.7 cm³/mol. The van der Waals surface area contributed by atoms with E-state index >= 15 is 0 Å². The molecule has 5 saturated carbocycles. The Kier molecular flexibility index (Phi) is 4.84. The van der Waals surface area contributed by atoms with Crippen LogP contribution in [-0.4, -0.2) is 5.92 Å². The van der Waals surface area contributed by atoms with Crippen LogP contribution >= 0.6 is 0 Å². The Morgan fingerprint density at radius 1 is 0.565 bits per heavy atom. The Labute approximate surface area is 141 Å². The van der Waals surface area contributed by atoms with E-state index in [1.54, 1.807) is 51.4 Å². The summed E-state index contributed by atoms with van der Waals surface area (Å²) < 4.78 is 24.4. The molecule has 2 atom stereocenters. The molecule has 0 saturated heterocycles. The monoisotopic (exact) mass is 326 g/mol. The van der Waals surface area contributed by atoms with E-state index in [0.29, 0.717) is 6.42 Å². The fourth-order valence-corrected chi connectivity index (χ4v) is 5.30. The summed E-state index contributed by atoms with van der Waals surface area (Å²) in [6.45, 7) is 6.64. The second-order valence-corrected chi connectivity index (χ2v) is 10.1. The van der Waals surface area contributed by atoms with Gasteiger partial charge in [-0.2, -0.15) is 0 Å². The number of hydrogen-bond acceptors (Lipinski definition) is 0. The van der Waals surface area contributed by atoms with Gasteiger partial charge in [0.25, 0.3) is 0 Å². The lowest BCUT2D eigenvalue weighted by atomic mass is 9.73. The van der Waals surface area contributed by atoms with Crippen molar-refractivity contribution in [3.05, 3.63) is 0 Å². The minimum Gasteiger partial charge on any atom is -0.207 e. The van der Waals surface area contributed by atoms with Crippen LogP contribution in [0.1, 0.15) is 97.8 Å². The van der Waals surface area contributed by atoms with Gasteiger partial charge in [0, 0.05) is 12.8 Å². The molecule has 0 aromatic carbocycles. The molecule has 5 fully saturated rings. The fraction of sp³-hybridized carbons (Fsp3) is 1.00. The third-order valence-corrected chi connectivity index (χ3v) is 7.08. The van der Waals surface area contributed by atoms with Crippen molar-refractivity contribution in [3.63, 3.8) is 0 Å². The minimum atomic E-state index is -2.33. The summed E-state index contributed by atoms with van der Waals surface area (Å²) >= 11 is 0. The molecule has 5 aliphatic rings. The van der Waals surface area contributed by atoms with E-state index in [1.807, 2.05) is 6.92 Å². The van der Waals surface area contributed by atoms with Crippen molar-refractivity contribution in [2.24, 2.45) is 28.6 Å². The Morgan fingerprint density at radius 3 is 1.22 bits per heavy atom. The van der Waals surface area contributed by atoms with Gasteiger partial charge in [0.1, 0.15) is 0 Å². The summed E-state index contributed by atoms with van der Waals surface area (Å²) in [5, 5.41) is 0. The molecule has 134 valence electrons. The van der Waals surface area contributed by atoms with E-state index in [4.69, 9.17) is 0 Å². The topological polar surface area (TPSA) is 0 Å². The average Bonchev–Trinajstić information content (AvgIpc) is 3.29. The first-order valence-electron chi connectivity index (χ1n) is 10.1. The van der Waals surface area contributed by atoms with E-state index in [9.17, 15) is 8.78 Å². The zero-order valence-electron chi connectivity index (χ0n) is 15.5. The summed E-state index contributed by atoms with van der Waals surface area (Å²) in [7, 11) is 0. The van der Waals surface area contributed by atoms with Crippen LogP contribution in [0.5, 0.6) is 0 Å². The van der Waals surface area contributed by atoms with E-state index < -0.39 is 5.92 Å². The molecule has 0 aromatic rings. The lowest BCUT2D eigenvalue weighted by Crippen LogP contribution is -2.21. The first-order chi connectivity index (χ1) is 10.7. The third-order valence-electron chi connectivity index (χ3n) is 7.08. The Morgan fingerprint density at radius 2 is 1.04 bits per heavy atom. The van der Waals surface area contributed by atoms with Crippen molar-refractivity contribution >= 4 is 0 Å². The zero-order valence-corrected chi connectivity index (χ0v) is 15.5. The maximum Gasteiger partial charge on any atom is 0.248 e. The molecule has 0 aromatic heterocycles. The molecule has 5 aliphatic carbocycles. The van der Waals surface area contributed by atoms with E-state index in [-0.39, 0.29) is 18.8 Å². The van der Waals surface area contributed by atoms with Crippen molar-refractivity contribution in [3.8, 4) is 0 Å². The Hall–Kier alpha value is -0.140. The molecular formula is C21H36F2. The van der Waals surface area contributed by atoms with Crippen LogP contribution < -0.4 is 0 Å². The quantitative estimate of drug-likeness (QED) is 0.440. The van der Waals surface area contributed by atoms with Crippen LogP contribution in [0.25, 0.3) is 0 Å². The average molecular weight is 327 g/mol. The third kappa shape index (κ3) is 4.92. The molecule has 2 unspecified atom stereocenters. The summed E-state index contributed by atoms with van der Waals surface area (Å²) in [4.78, 5) is 0. The molecule has 0 amide bonds. The summed E-state index contributed by atoms with van der Waals surface area (Å²) in [6, 6.07) is 0. The van der Waals surface area contributed by atoms with Gasteiger partial charge in [-0.15, -0.1) is 0 Å². The highest BCUT2D eigenvalue weighted by Crippen LogP contribution is 2.63. The van der Waals surface area contributed by atoms with Gasteiger partial charge in [-0.1, -0.05) is 27.2 Å². The van der Waals surface area contributed by atoms with Crippen LogP contribution in [0.15, 0.2) is 0 Å². The standard InChI is InChI=1S/C8H14.C7H12.C6H10F2/c1-7-2-3-8(6-7)4-5-8;1-6-4-7(5-6)2-3-7;1-5-2-3-6(7,8)4-5/h7H,2-6H2,1H3;6H,2-5H2,1H3;5H,2-4H2,1H3. The number of alkyl halides is 2. The molecule has 0 radical (unpaired) electrons. The van der Waals surface area contributed by atoms with Crippen LogP contribution in [0.3, 0.4) is 0 Å². The number of rotatable bonds is 0. The summed E-state index contributed by atoms with van der Waals surface area (Å²) in [5.41, 5.74) is 1.86. The molecule has 0 heterocycles. The molecule has 2 spiro atoms. The molecule has 0 N–H and O–H groups in total. The molecular weight excluding hydrogens is 290 g/mol. The molecule has 0 bridgehead atoms. The van der Waals surface area contributed by atoms with Gasteiger partial charge in [0.15, 0.2) is 0 Å². The van der Waals surface area contributed by atoms with Crippen LogP contribution in [-0.2, 0) is 0 Å². The van der Waals surface area contributed by atoms with Crippen molar-refractivity contribution in [2.75, 3.05) is 0 Å². The first-order valence-corrected chi connectivity index (χ1v) is 10.1. The van der Waals surface area contributed by atoms with E-state index in [1.165, 1.54) is 6.42 Å². The molecule has 5 rings (SSSR count). The number of hydrogen-bond donors (Lipinski definition) is 0. The Balaban J connectivity index is 0.000000102. The van der Waals surface area contributed by atoms with Gasteiger partial charge in [-0.3, -0.25) is 0 Å². The van der Waals surface area contributed by atoms with Gasteiger partial charge in [0.05, 0.1) is 0 Å². The normalized spacial score (nSPS) is 37.4. The van der Waals surface area contributed by atoms with Crippen molar-refractivity contribution in [2.45, 2.75) is 104 Å². The van der Waals surface area contributed by atoms with Gasteiger partial charge in [-0.05, 0) is 86.4 Å². The van der Waals surface area contributed by atoms with Gasteiger partial charge in [-0.25, -0.2) is 8.78 Å². The SMILES string of the molecule is CC1CC2(CC2)C1.CC1CCC(F)(F)C1.CC1CCC2(CC2)C1. The maximum atomic E-state index is 12.2. The summed E-state index contributed by atoms with van der Waals surface area (Å²) in [5.74, 6) is 0.0318. The van der Waals surface area contributed by atoms with E-state index in [2.05, 4.69) is 13.8 Å². The highest BCUT2D eigenvalue weighted by Gasteiger charge is 2.50. The van der Waals surface area contributed by atoms with Gasteiger partial charge < -0.3 is 0 Å². The van der Waals surface area contributed by atoms with Gasteiger partial charge in [0.2, 0.25) is 5.92 Å². The van der Waals surface area contributed by atoms with Crippen LogP contribution in [0.4, 0.5) is 8.78 Å². The number of halogens is 2. The van der Waals surface area contributed by atoms with Gasteiger partial charge >= 0.3 is 0 Å². The molecule has 0 nitrogen and oxygen atoms in total. The van der Waals surface area contributed by atoms with Crippen LogP contribution in [0.2, 0.25) is 0 Å². The highest BCUT2D eigenvalue weighted by molar-refractivity contribution is 5.02. The van der Waals surface area contributed by atoms with Crippen molar-refractivity contribution < 1.29 is 8.78 Å². The summed E-state index contributed by atoms with van der Waals surface area (Å²) in [6.07, 6.45) is 14.8.